The van der Waals surface area contributed by atoms with Crippen molar-refractivity contribution in [1.82, 2.24) is 4.90 Å². The molecule has 1 aliphatic heterocycles. The predicted octanol–water partition coefficient (Wildman–Crippen LogP) is 2.35. The van der Waals surface area contributed by atoms with Crippen LogP contribution < -0.4 is 15.2 Å². The van der Waals surface area contributed by atoms with Gasteiger partial charge in [0.1, 0.15) is 0 Å². The highest BCUT2D eigenvalue weighted by Crippen LogP contribution is 2.35. The largest absolute Gasteiger partial charge is 0.493 e. The number of hydrogen-bond acceptors (Lipinski definition) is 4. The molecule has 0 saturated carbocycles. The summed E-state index contributed by atoms with van der Waals surface area (Å²) >= 11 is 0. The number of nitrogens with zero attached hydrogens (tertiary/aromatic N) is 1. The number of carbonyl (C=O) groups is 1. The summed E-state index contributed by atoms with van der Waals surface area (Å²) in [6.07, 6.45) is 1.22. The highest BCUT2D eigenvalue weighted by molar-refractivity contribution is 5.77. The number of likely N-dealkylation sites (N-methyl/N-ethyl adjacent to an activating group) is 1. The van der Waals surface area contributed by atoms with Crippen LogP contribution in [0, 0.1) is 5.92 Å². The van der Waals surface area contributed by atoms with Crippen molar-refractivity contribution in [2.24, 2.45) is 11.7 Å². The van der Waals surface area contributed by atoms with Crippen LogP contribution in [-0.2, 0) is 4.79 Å². The molecule has 0 bridgehead atoms. The third-order valence-corrected chi connectivity index (χ3v) is 4.01. The lowest BCUT2D eigenvalue weighted by atomic mass is 9.91. The summed E-state index contributed by atoms with van der Waals surface area (Å²) in [6, 6.07) is 5.62. The Labute approximate surface area is 132 Å². The monoisotopic (exact) mass is 306 g/mol. The Balaban J connectivity index is 2.26. The average Bonchev–Trinajstić information content (AvgIpc) is 2.49. The van der Waals surface area contributed by atoms with Crippen LogP contribution in [-0.4, -0.2) is 37.6 Å². The molecule has 1 amide bonds. The normalized spacial score (nSPS) is 22.1. The van der Waals surface area contributed by atoms with Crippen molar-refractivity contribution in [3.05, 3.63) is 23.8 Å². The number of likely N-dealkylation sites (tertiary alicyclic amines) is 1. The van der Waals surface area contributed by atoms with Gasteiger partial charge in [-0.1, -0.05) is 19.9 Å². The van der Waals surface area contributed by atoms with Crippen LogP contribution in [0.1, 0.15) is 38.3 Å². The minimum Gasteiger partial charge on any atom is -0.493 e. The third kappa shape index (κ3) is 3.53. The van der Waals surface area contributed by atoms with Gasteiger partial charge in [0.05, 0.1) is 19.8 Å². The van der Waals surface area contributed by atoms with Gasteiger partial charge in [-0.15, -0.1) is 0 Å². The molecule has 22 heavy (non-hydrogen) atoms. The third-order valence-electron chi connectivity index (χ3n) is 4.01. The maximum Gasteiger partial charge on any atom is 0.222 e. The molecule has 0 radical (unpaired) electrons. The number of nitrogens with two attached hydrogens (primary N) is 1. The fraction of sp³-hybridized carbons (Fsp3) is 0.588. The van der Waals surface area contributed by atoms with E-state index in [1.807, 2.05) is 25.2 Å². The summed E-state index contributed by atoms with van der Waals surface area (Å²) in [4.78, 5) is 13.7. The molecule has 0 spiro atoms. The molecule has 0 aromatic heterocycles. The first-order chi connectivity index (χ1) is 10.4. The van der Waals surface area contributed by atoms with E-state index < -0.39 is 0 Å². The maximum absolute atomic E-state index is 11.9. The van der Waals surface area contributed by atoms with Crippen LogP contribution in [0.5, 0.6) is 11.5 Å². The number of amides is 1. The van der Waals surface area contributed by atoms with Gasteiger partial charge in [0.2, 0.25) is 5.91 Å². The van der Waals surface area contributed by atoms with Crippen molar-refractivity contribution in [2.75, 3.05) is 20.8 Å². The van der Waals surface area contributed by atoms with Gasteiger partial charge in [-0.2, -0.15) is 0 Å². The predicted molar refractivity (Wildman–Crippen MR) is 86.0 cm³/mol. The number of ether oxygens (including phenoxy) is 2. The molecule has 2 rings (SSSR count). The molecule has 5 nitrogen and oxygen atoms in total. The zero-order valence-corrected chi connectivity index (χ0v) is 13.8. The summed E-state index contributed by atoms with van der Waals surface area (Å²) in [5.74, 6) is 1.97. The Kier molecular flexibility index (Phi) is 5.29. The number of carbonyl (C=O) groups excluding carboxylic acids is 1. The summed E-state index contributed by atoms with van der Waals surface area (Å²) in [6.45, 7) is 4.84. The smallest absolute Gasteiger partial charge is 0.222 e. The highest BCUT2D eigenvalue weighted by Gasteiger charge is 2.32. The fourth-order valence-corrected chi connectivity index (χ4v) is 2.78. The second-order valence-electron chi connectivity index (χ2n) is 6.27. The van der Waals surface area contributed by atoms with Crippen molar-refractivity contribution in [2.45, 2.75) is 38.8 Å². The van der Waals surface area contributed by atoms with E-state index in [4.69, 9.17) is 15.2 Å². The Hall–Kier alpha value is -1.75. The SMILES string of the molecule is COc1cc(C2C(N)CCC(=O)N2C)ccc1OCC(C)C. The van der Waals surface area contributed by atoms with Crippen molar-refractivity contribution < 1.29 is 14.3 Å². The van der Waals surface area contributed by atoms with Crippen LogP contribution in [0.3, 0.4) is 0 Å². The first-order valence-corrected chi connectivity index (χ1v) is 7.76. The minimum absolute atomic E-state index is 0.0603. The number of rotatable bonds is 5. The van der Waals surface area contributed by atoms with E-state index in [2.05, 4.69) is 13.8 Å². The van der Waals surface area contributed by atoms with Crippen LogP contribution in [0.15, 0.2) is 18.2 Å². The number of hydrogen-bond donors (Lipinski definition) is 1. The molecule has 1 saturated heterocycles. The summed E-state index contributed by atoms with van der Waals surface area (Å²) in [5.41, 5.74) is 7.21. The average molecular weight is 306 g/mol. The number of methoxy groups -OCH3 is 1. The topological polar surface area (TPSA) is 64.8 Å². The molecule has 2 N–H and O–H groups in total. The van der Waals surface area contributed by atoms with Crippen molar-refractivity contribution >= 4 is 5.91 Å². The lowest BCUT2D eigenvalue weighted by Gasteiger charge is -2.37. The van der Waals surface area contributed by atoms with E-state index in [9.17, 15) is 4.79 Å². The molecule has 2 atom stereocenters. The van der Waals surface area contributed by atoms with Gasteiger partial charge in [-0.05, 0) is 30.0 Å². The second kappa shape index (κ2) is 7.01. The molecule has 1 aliphatic rings. The highest BCUT2D eigenvalue weighted by atomic mass is 16.5. The minimum atomic E-state index is -0.116. The van der Waals surface area contributed by atoms with E-state index in [0.29, 0.717) is 31.1 Å². The molecule has 2 unspecified atom stereocenters. The molecule has 122 valence electrons. The van der Waals surface area contributed by atoms with Crippen molar-refractivity contribution in [3.8, 4) is 11.5 Å². The molecular formula is C17H26N2O3. The Morgan fingerprint density at radius 3 is 2.73 bits per heavy atom. The van der Waals surface area contributed by atoms with Crippen LogP contribution >= 0.6 is 0 Å². The molecule has 0 aliphatic carbocycles. The molecule has 1 aromatic carbocycles. The molecular weight excluding hydrogens is 280 g/mol. The number of benzene rings is 1. The van der Waals surface area contributed by atoms with Gasteiger partial charge < -0.3 is 20.1 Å². The summed E-state index contributed by atoms with van der Waals surface area (Å²) in [7, 11) is 3.43. The molecule has 1 fully saturated rings. The van der Waals surface area contributed by atoms with Gasteiger partial charge in [0.25, 0.3) is 0 Å². The van der Waals surface area contributed by atoms with Crippen molar-refractivity contribution in [1.29, 1.82) is 0 Å². The van der Waals surface area contributed by atoms with Gasteiger partial charge in [0, 0.05) is 19.5 Å². The Morgan fingerprint density at radius 2 is 2.09 bits per heavy atom. The quantitative estimate of drug-likeness (QED) is 0.907. The van der Waals surface area contributed by atoms with E-state index in [1.54, 1.807) is 12.0 Å². The molecule has 5 heteroatoms. The van der Waals surface area contributed by atoms with E-state index >= 15 is 0 Å². The van der Waals surface area contributed by atoms with Gasteiger partial charge in [-0.25, -0.2) is 0 Å². The van der Waals surface area contributed by atoms with Crippen LogP contribution in [0.4, 0.5) is 0 Å². The number of piperidine rings is 1. The first-order valence-electron chi connectivity index (χ1n) is 7.76. The van der Waals surface area contributed by atoms with E-state index in [1.165, 1.54) is 0 Å². The first kappa shape index (κ1) is 16.6. The van der Waals surface area contributed by atoms with Gasteiger partial charge in [0.15, 0.2) is 11.5 Å². The van der Waals surface area contributed by atoms with Crippen molar-refractivity contribution in [3.63, 3.8) is 0 Å². The Bertz CT molecular complexity index is 531. The van der Waals surface area contributed by atoms with Gasteiger partial charge in [-0.3, -0.25) is 4.79 Å². The van der Waals surface area contributed by atoms with E-state index in [0.717, 1.165) is 11.3 Å². The summed E-state index contributed by atoms with van der Waals surface area (Å²) in [5, 5.41) is 0. The zero-order valence-electron chi connectivity index (χ0n) is 13.8. The molecule has 1 aromatic rings. The lowest BCUT2D eigenvalue weighted by Crippen LogP contribution is -2.46. The second-order valence-corrected chi connectivity index (χ2v) is 6.27. The summed E-state index contributed by atoms with van der Waals surface area (Å²) < 4.78 is 11.2. The van der Waals surface area contributed by atoms with Crippen LogP contribution in [0.25, 0.3) is 0 Å². The zero-order chi connectivity index (χ0) is 16.3. The van der Waals surface area contributed by atoms with E-state index in [-0.39, 0.29) is 18.0 Å². The maximum atomic E-state index is 11.9. The van der Waals surface area contributed by atoms with Gasteiger partial charge >= 0.3 is 0 Å². The standard InChI is InChI=1S/C17H26N2O3/c1-11(2)10-22-14-7-5-12(9-15(14)21-4)17-13(18)6-8-16(20)19(17)3/h5,7,9,11,13,17H,6,8,10,18H2,1-4H3. The fourth-order valence-electron chi connectivity index (χ4n) is 2.78. The molecule has 1 heterocycles. The lowest BCUT2D eigenvalue weighted by molar-refractivity contribution is -0.135. The Morgan fingerprint density at radius 1 is 1.36 bits per heavy atom. The van der Waals surface area contributed by atoms with Crippen LogP contribution in [0.2, 0.25) is 0 Å².